The summed E-state index contributed by atoms with van der Waals surface area (Å²) < 4.78 is 14.7. The first-order chi connectivity index (χ1) is 9.53. The standard InChI is InChI=1S/C14H16O6/c1-4-20-9-5-6-10(13(7-9)18-2)11(15)8-12(16)14(17)19-3/h5-8,15H,4H2,1-3H3. The molecule has 108 valence electrons. The monoisotopic (exact) mass is 280 g/mol. The van der Waals surface area contributed by atoms with Crippen LogP contribution in [0.15, 0.2) is 24.3 Å². The summed E-state index contributed by atoms with van der Waals surface area (Å²) in [4.78, 5) is 22.3. The molecule has 1 aromatic carbocycles. The highest BCUT2D eigenvalue weighted by Gasteiger charge is 2.15. The number of esters is 1. The van der Waals surface area contributed by atoms with Crippen molar-refractivity contribution in [1.29, 1.82) is 0 Å². The number of methoxy groups -OCH3 is 2. The van der Waals surface area contributed by atoms with Crippen LogP contribution in [0.2, 0.25) is 0 Å². The molecule has 0 aromatic heterocycles. The van der Waals surface area contributed by atoms with Crippen molar-refractivity contribution in [3.8, 4) is 11.5 Å². The quantitative estimate of drug-likeness (QED) is 0.370. The second kappa shape index (κ2) is 7.18. The number of carbonyl (C=O) groups excluding carboxylic acids is 2. The molecule has 0 saturated heterocycles. The van der Waals surface area contributed by atoms with E-state index in [1.165, 1.54) is 13.2 Å². The van der Waals surface area contributed by atoms with Gasteiger partial charge in [-0.15, -0.1) is 0 Å². The first-order valence-corrected chi connectivity index (χ1v) is 5.87. The largest absolute Gasteiger partial charge is 0.507 e. The van der Waals surface area contributed by atoms with Gasteiger partial charge in [-0.2, -0.15) is 0 Å². The maximum Gasteiger partial charge on any atom is 0.378 e. The summed E-state index contributed by atoms with van der Waals surface area (Å²) in [5.41, 5.74) is 0.271. The van der Waals surface area contributed by atoms with Crippen molar-refractivity contribution in [3.63, 3.8) is 0 Å². The van der Waals surface area contributed by atoms with Crippen LogP contribution < -0.4 is 9.47 Å². The molecule has 1 rings (SSSR count). The SMILES string of the molecule is CCOc1ccc(C(O)=CC(=O)C(=O)OC)c(OC)c1. The van der Waals surface area contributed by atoms with Crippen molar-refractivity contribution in [3.05, 3.63) is 29.8 Å². The maximum atomic E-state index is 11.4. The zero-order valence-corrected chi connectivity index (χ0v) is 11.5. The number of ketones is 1. The lowest BCUT2D eigenvalue weighted by Gasteiger charge is -2.10. The lowest BCUT2D eigenvalue weighted by atomic mass is 10.1. The molecule has 1 aromatic rings. The number of carbonyl (C=O) groups is 2. The van der Waals surface area contributed by atoms with Crippen LogP contribution in [0.4, 0.5) is 0 Å². The fourth-order valence-electron chi connectivity index (χ4n) is 1.50. The van der Waals surface area contributed by atoms with Crippen LogP contribution in [-0.2, 0) is 14.3 Å². The maximum absolute atomic E-state index is 11.4. The summed E-state index contributed by atoms with van der Waals surface area (Å²) in [5, 5.41) is 9.88. The lowest BCUT2D eigenvalue weighted by molar-refractivity contribution is -0.149. The van der Waals surface area contributed by atoms with Crippen molar-refractivity contribution in [2.24, 2.45) is 0 Å². The van der Waals surface area contributed by atoms with Gasteiger partial charge in [-0.3, -0.25) is 4.79 Å². The summed E-state index contributed by atoms with van der Waals surface area (Å²) in [6, 6.07) is 4.72. The van der Waals surface area contributed by atoms with E-state index in [0.717, 1.165) is 13.2 Å². The molecule has 20 heavy (non-hydrogen) atoms. The van der Waals surface area contributed by atoms with Gasteiger partial charge in [-0.1, -0.05) is 0 Å². The van der Waals surface area contributed by atoms with E-state index in [1.807, 2.05) is 6.92 Å². The second-order valence-corrected chi connectivity index (χ2v) is 3.68. The van der Waals surface area contributed by atoms with E-state index >= 15 is 0 Å². The third kappa shape index (κ3) is 3.74. The highest BCUT2D eigenvalue weighted by molar-refractivity contribution is 6.39. The minimum absolute atomic E-state index is 0.271. The van der Waals surface area contributed by atoms with Crippen LogP contribution in [0.3, 0.4) is 0 Å². The van der Waals surface area contributed by atoms with Gasteiger partial charge in [0.1, 0.15) is 17.3 Å². The van der Waals surface area contributed by atoms with E-state index in [9.17, 15) is 14.7 Å². The van der Waals surface area contributed by atoms with Crippen molar-refractivity contribution >= 4 is 17.5 Å². The first kappa shape index (κ1) is 15.6. The number of ether oxygens (including phenoxy) is 3. The second-order valence-electron chi connectivity index (χ2n) is 3.68. The van der Waals surface area contributed by atoms with Gasteiger partial charge in [0.25, 0.3) is 5.78 Å². The Labute approximate surface area is 116 Å². The highest BCUT2D eigenvalue weighted by Crippen LogP contribution is 2.29. The van der Waals surface area contributed by atoms with Gasteiger partial charge in [-0.25, -0.2) is 4.79 Å². The summed E-state index contributed by atoms with van der Waals surface area (Å²) in [6.45, 7) is 2.33. The van der Waals surface area contributed by atoms with Crippen molar-refractivity contribution in [1.82, 2.24) is 0 Å². The zero-order chi connectivity index (χ0) is 15.1. The number of hydrogen-bond acceptors (Lipinski definition) is 6. The van der Waals surface area contributed by atoms with Crippen LogP contribution in [0.1, 0.15) is 12.5 Å². The van der Waals surface area contributed by atoms with Crippen molar-refractivity contribution in [2.75, 3.05) is 20.8 Å². The molecule has 0 aliphatic carbocycles. The third-order valence-corrected chi connectivity index (χ3v) is 2.41. The normalized spacial score (nSPS) is 10.8. The van der Waals surface area contributed by atoms with Crippen molar-refractivity contribution in [2.45, 2.75) is 6.92 Å². The number of rotatable bonds is 6. The Morgan fingerprint density at radius 3 is 2.55 bits per heavy atom. The van der Waals surface area contributed by atoms with Crippen LogP contribution >= 0.6 is 0 Å². The molecule has 0 fully saturated rings. The Morgan fingerprint density at radius 2 is 2.00 bits per heavy atom. The summed E-state index contributed by atoms with van der Waals surface area (Å²) in [7, 11) is 2.51. The van der Waals surface area contributed by atoms with Gasteiger partial charge in [-0.05, 0) is 19.1 Å². The fraction of sp³-hybridized carbons (Fsp3) is 0.286. The van der Waals surface area contributed by atoms with E-state index in [-0.39, 0.29) is 11.3 Å². The van der Waals surface area contributed by atoms with Crippen LogP contribution in [-0.4, -0.2) is 37.7 Å². The average Bonchev–Trinajstić information content (AvgIpc) is 2.46. The van der Waals surface area contributed by atoms with Crippen LogP contribution in [0, 0.1) is 0 Å². The molecule has 0 unspecified atom stereocenters. The van der Waals surface area contributed by atoms with Gasteiger partial charge in [0, 0.05) is 12.1 Å². The Hall–Kier alpha value is -2.50. The third-order valence-electron chi connectivity index (χ3n) is 2.41. The molecule has 0 amide bonds. The molecular weight excluding hydrogens is 264 g/mol. The number of aliphatic hydroxyl groups excluding tert-OH is 1. The van der Waals surface area contributed by atoms with E-state index in [0.29, 0.717) is 18.1 Å². The molecule has 0 bridgehead atoms. The summed E-state index contributed by atoms with van der Waals surface area (Å²) >= 11 is 0. The highest BCUT2D eigenvalue weighted by atomic mass is 16.5. The first-order valence-electron chi connectivity index (χ1n) is 5.87. The minimum Gasteiger partial charge on any atom is -0.507 e. The van der Waals surface area contributed by atoms with E-state index in [1.54, 1.807) is 12.1 Å². The van der Waals surface area contributed by atoms with Gasteiger partial charge in [0.05, 0.1) is 26.4 Å². The molecule has 1 N–H and O–H groups in total. The molecule has 0 spiro atoms. The summed E-state index contributed by atoms with van der Waals surface area (Å²) in [5.74, 6) is -1.51. The van der Waals surface area contributed by atoms with Gasteiger partial charge in [0.15, 0.2) is 0 Å². The molecule has 0 heterocycles. The smallest absolute Gasteiger partial charge is 0.378 e. The predicted octanol–water partition coefficient (Wildman–Crippen LogP) is 1.73. The minimum atomic E-state index is -1.05. The van der Waals surface area contributed by atoms with Gasteiger partial charge < -0.3 is 19.3 Å². The zero-order valence-electron chi connectivity index (χ0n) is 11.5. The molecule has 0 aliphatic heterocycles. The Balaban J connectivity index is 3.09. The molecule has 0 radical (unpaired) electrons. The fourth-order valence-corrected chi connectivity index (χ4v) is 1.50. The molecular formula is C14H16O6. The number of hydrogen-bond donors (Lipinski definition) is 1. The Morgan fingerprint density at radius 1 is 1.30 bits per heavy atom. The molecule has 0 aliphatic rings. The van der Waals surface area contributed by atoms with Gasteiger partial charge >= 0.3 is 5.97 Å². The van der Waals surface area contributed by atoms with E-state index in [2.05, 4.69) is 4.74 Å². The number of benzene rings is 1. The lowest BCUT2D eigenvalue weighted by Crippen LogP contribution is -2.13. The molecule has 0 saturated carbocycles. The topological polar surface area (TPSA) is 82.1 Å². The van der Waals surface area contributed by atoms with Crippen LogP contribution in [0.25, 0.3) is 5.76 Å². The number of aliphatic hydroxyl groups is 1. The average molecular weight is 280 g/mol. The Bertz CT molecular complexity index is 532. The van der Waals surface area contributed by atoms with Crippen molar-refractivity contribution < 1.29 is 28.9 Å². The molecule has 0 atom stereocenters. The Kier molecular flexibility index (Phi) is 5.58. The van der Waals surface area contributed by atoms with Gasteiger partial charge in [0.2, 0.25) is 0 Å². The van der Waals surface area contributed by atoms with Crippen LogP contribution in [0.5, 0.6) is 11.5 Å². The van der Waals surface area contributed by atoms with E-state index in [4.69, 9.17) is 9.47 Å². The van der Waals surface area contributed by atoms with E-state index < -0.39 is 11.8 Å². The summed E-state index contributed by atoms with van der Waals surface area (Å²) in [6.07, 6.45) is 0.782. The molecule has 6 nitrogen and oxygen atoms in total. The predicted molar refractivity (Wildman–Crippen MR) is 71.8 cm³/mol. The molecule has 6 heteroatoms.